The maximum absolute atomic E-state index is 11.5. The predicted octanol–water partition coefficient (Wildman–Crippen LogP) is 5.60. The van der Waals surface area contributed by atoms with Gasteiger partial charge in [-0.05, 0) is 127 Å². The van der Waals surface area contributed by atoms with Gasteiger partial charge in [-0.3, -0.25) is 4.79 Å². The van der Waals surface area contributed by atoms with Gasteiger partial charge in [-0.1, -0.05) is 13.8 Å². The first kappa shape index (κ1) is 23.7. The fraction of sp³-hybridized carbons (Fsp3) is 0.278. The van der Waals surface area contributed by atoms with Crippen molar-refractivity contribution < 1.29 is 19.7 Å². The Morgan fingerprint density at radius 2 is 1.56 bits per heavy atom. The Morgan fingerprint density at radius 3 is 2.00 bits per heavy atom. The smallest absolute Gasteiger partial charge is 0.321 e. The topological polar surface area (TPSA) is 78.8 Å². The molecule has 0 heterocycles. The minimum Gasteiger partial charge on any atom is -0.506 e. The molecule has 0 aliphatic carbocycles. The van der Waals surface area contributed by atoms with Crippen molar-refractivity contribution in [1.82, 2.24) is 5.32 Å². The molecule has 2 aromatic rings. The van der Waals surface area contributed by atoms with Crippen molar-refractivity contribution >= 4 is 96.3 Å². The largest absolute Gasteiger partial charge is 0.506 e. The maximum atomic E-state index is 11.5. The van der Waals surface area contributed by atoms with Crippen molar-refractivity contribution in [3.8, 4) is 17.2 Å². The number of ether oxygens (including phenoxy) is 1. The molecule has 1 atom stereocenters. The van der Waals surface area contributed by atoms with Gasteiger partial charge in [0.2, 0.25) is 0 Å². The van der Waals surface area contributed by atoms with Crippen LogP contribution in [0.15, 0.2) is 24.3 Å². The van der Waals surface area contributed by atoms with Crippen LogP contribution in [0.3, 0.4) is 0 Å². The highest BCUT2D eigenvalue weighted by Crippen LogP contribution is 2.36. The molecule has 0 fully saturated rings. The number of nitrogens with one attached hydrogen (secondary N) is 1. The Balaban J connectivity index is 2.27. The number of carboxylic acid groups (broad SMARTS) is 1. The van der Waals surface area contributed by atoms with E-state index in [1.807, 2.05) is 26.0 Å². The lowest BCUT2D eigenvalue weighted by Gasteiger charge is -2.18. The number of aromatic hydroxyl groups is 1. The van der Waals surface area contributed by atoms with E-state index in [2.05, 4.69) is 95.7 Å². The van der Waals surface area contributed by atoms with E-state index >= 15 is 0 Å². The van der Waals surface area contributed by atoms with Crippen LogP contribution in [-0.4, -0.2) is 28.3 Å². The van der Waals surface area contributed by atoms with Crippen LogP contribution >= 0.6 is 90.4 Å². The molecule has 0 bridgehead atoms. The van der Waals surface area contributed by atoms with Gasteiger partial charge in [-0.2, -0.15) is 0 Å². The summed E-state index contributed by atoms with van der Waals surface area (Å²) in [4.78, 5) is 11.5. The van der Waals surface area contributed by atoms with E-state index in [1.165, 1.54) is 0 Å². The minimum atomic E-state index is -0.859. The number of hydrogen-bond donors (Lipinski definition) is 3. The zero-order valence-electron chi connectivity index (χ0n) is 14.4. The van der Waals surface area contributed by atoms with E-state index in [1.54, 1.807) is 12.1 Å². The van der Waals surface area contributed by atoms with E-state index in [0.29, 0.717) is 12.2 Å². The number of rotatable bonds is 7. The van der Waals surface area contributed by atoms with Gasteiger partial charge in [0.1, 0.15) is 17.5 Å². The van der Waals surface area contributed by atoms with Gasteiger partial charge in [-0.15, -0.1) is 0 Å². The molecule has 146 valence electrons. The second-order valence-electron chi connectivity index (χ2n) is 6.14. The summed E-state index contributed by atoms with van der Waals surface area (Å²) >= 11 is 8.54. The monoisotopic (exact) mass is 819 g/mol. The highest BCUT2D eigenvalue weighted by molar-refractivity contribution is 14.1. The Bertz CT molecular complexity index is 811. The summed E-state index contributed by atoms with van der Waals surface area (Å²) in [6.45, 7) is 3.86. The second-order valence-corrected chi connectivity index (χ2v) is 10.8. The highest BCUT2D eigenvalue weighted by atomic mass is 127. The first-order valence-corrected chi connectivity index (χ1v) is 12.2. The van der Waals surface area contributed by atoms with E-state index in [4.69, 9.17) is 4.74 Å². The van der Waals surface area contributed by atoms with Crippen LogP contribution in [0.2, 0.25) is 0 Å². The quantitative estimate of drug-likeness (QED) is 0.318. The lowest BCUT2D eigenvalue weighted by Crippen LogP contribution is -2.42. The number of aliphatic carboxylic acids is 1. The molecule has 9 heteroatoms. The van der Waals surface area contributed by atoms with Crippen molar-refractivity contribution in [2.45, 2.75) is 32.4 Å². The third-order valence-electron chi connectivity index (χ3n) is 3.54. The number of carbonyl (C=O) groups is 1. The molecule has 0 amide bonds. The normalized spacial score (nSPS) is 12.3. The number of phenolic OH excluding ortho intramolecular Hbond substituents is 1. The van der Waals surface area contributed by atoms with Crippen LogP contribution in [0.4, 0.5) is 0 Å². The minimum absolute atomic E-state index is 0.0892. The molecule has 0 radical (unpaired) electrons. The van der Waals surface area contributed by atoms with E-state index in [0.717, 1.165) is 25.6 Å². The van der Waals surface area contributed by atoms with Gasteiger partial charge >= 0.3 is 5.97 Å². The Hall–Kier alpha value is 0.390. The molecule has 0 aliphatic rings. The highest BCUT2D eigenvalue weighted by Gasteiger charge is 2.20. The summed E-state index contributed by atoms with van der Waals surface area (Å²) in [6, 6.07) is 6.92. The molecule has 2 rings (SSSR count). The molecule has 3 N–H and O–H groups in total. The molecular weight excluding hydrogens is 802 g/mol. The maximum Gasteiger partial charge on any atom is 0.321 e. The second kappa shape index (κ2) is 10.4. The molecule has 2 aromatic carbocycles. The summed E-state index contributed by atoms with van der Waals surface area (Å²) in [5, 5.41) is 22.4. The lowest BCUT2D eigenvalue weighted by molar-refractivity contribution is -0.139. The summed E-state index contributed by atoms with van der Waals surface area (Å²) in [5.74, 6) is 0.763. The van der Waals surface area contributed by atoms with E-state index in [9.17, 15) is 15.0 Å². The van der Waals surface area contributed by atoms with Gasteiger partial charge in [0.15, 0.2) is 5.75 Å². The van der Waals surface area contributed by atoms with Gasteiger partial charge in [0.05, 0.1) is 14.3 Å². The summed E-state index contributed by atoms with van der Waals surface area (Å²) in [7, 11) is 0. The van der Waals surface area contributed by atoms with Crippen LogP contribution in [-0.2, 0) is 11.2 Å². The van der Waals surface area contributed by atoms with Crippen molar-refractivity contribution in [3.05, 3.63) is 44.1 Å². The molecule has 1 unspecified atom stereocenters. The SMILES string of the molecule is CC(C)NC(Cc1cc(I)c(Oc2cc(I)c(O)c(I)c2)c(I)c1)C(=O)O. The molecule has 0 aliphatic heterocycles. The average Bonchev–Trinajstić information content (AvgIpc) is 2.54. The standard InChI is InChI=1S/C18H17I4NO4/c1-8(2)23-15(18(25)26)5-9-3-13(21)17(14(22)4-9)27-10-6-11(19)16(24)12(20)7-10/h3-4,6-8,15,23-24H,5H2,1-2H3,(H,25,26). The molecule has 0 saturated heterocycles. The Morgan fingerprint density at radius 1 is 1.04 bits per heavy atom. The zero-order valence-corrected chi connectivity index (χ0v) is 23.0. The number of benzene rings is 2. The molecule has 5 nitrogen and oxygen atoms in total. The van der Waals surface area contributed by atoms with Gasteiger partial charge in [0.25, 0.3) is 0 Å². The number of halogens is 4. The van der Waals surface area contributed by atoms with Crippen molar-refractivity contribution in [2.75, 3.05) is 0 Å². The first-order valence-electron chi connectivity index (χ1n) is 7.91. The Labute approximate surface area is 212 Å². The lowest BCUT2D eigenvalue weighted by atomic mass is 10.1. The van der Waals surface area contributed by atoms with Crippen molar-refractivity contribution in [2.24, 2.45) is 0 Å². The summed E-state index contributed by atoms with van der Waals surface area (Å²) in [6.07, 6.45) is 0.398. The van der Waals surface area contributed by atoms with Crippen molar-refractivity contribution in [3.63, 3.8) is 0 Å². The van der Waals surface area contributed by atoms with Crippen molar-refractivity contribution in [1.29, 1.82) is 0 Å². The molecule has 27 heavy (non-hydrogen) atoms. The summed E-state index contributed by atoms with van der Waals surface area (Å²) in [5.41, 5.74) is 0.937. The fourth-order valence-electron chi connectivity index (χ4n) is 2.40. The fourth-order valence-corrected chi connectivity index (χ4v) is 6.23. The number of hydrogen-bond acceptors (Lipinski definition) is 4. The first-order chi connectivity index (χ1) is 12.6. The van der Waals surface area contributed by atoms with Crippen LogP contribution in [0, 0.1) is 14.3 Å². The van der Waals surface area contributed by atoms with E-state index < -0.39 is 12.0 Å². The number of phenols is 1. The zero-order chi connectivity index (χ0) is 20.3. The average molecular weight is 819 g/mol. The van der Waals surface area contributed by atoms with Gasteiger partial charge < -0.3 is 20.3 Å². The Kier molecular flexibility index (Phi) is 9.14. The molecule has 0 saturated carbocycles. The molecular formula is C18H17I4NO4. The van der Waals surface area contributed by atoms with Gasteiger partial charge in [0, 0.05) is 6.04 Å². The predicted molar refractivity (Wildman–Crippen MR) is 139 cm³/mol. The van der Waals surface area contributed by atoms with E-state index in [-0.39, 0.29) is 11.8 Å². The van der Waals surface area contributed by atoms with Crippen LogP contribution < -0.4 is 10.1 Å². The molecule has 0 spiro atoms. The number of carboxylic acids is 1. The van der Waals surface area contributed by atoms with Crippen LogP contribution in [0.25, 0.3) is 0 Å². The third-order valence-corrected chi connectivity index (χ3v) is 6.79. The van der Waals surface area contributed by atoms with Crippen LogP contribution in [0.1, 0.15) is 19.4 Å². The van der Waals surface area contributed by atoms with Crippen LogP contribution in [0.5, 0.6) is 17.2 Å². The third kappa shape index (κ3) is 6.70. The summed E-state index contributed by atoms with van der Waals surface area (Å²) < 4.78 is 9.31. The van der Waals surface area contributed by atoms with Gasteiger partial charge in [-0.25, -0.2) is 0 Å². The molecule has 0 aromatic heterocycles.